The summed E-state index contributed by atoms with van der Waals surface area (Å²) in [6.07, 6.45) is 2.90. The lowest BCUT2D eigenvalue weighted by Gasteiger charge is -2.08. The van der Waals surface area contributed by atoms with E-state index in [0.29, 0.717) is 11.4 Å². The molecule has 0 aliphatic carbocycles. The number of aliphatic hydroxyl groups excluding tert-OH is 1. The highest BCUT2D eigenvalue weighted by molar-refractivity contribution is 7.89. The van der Waals surface area contributed by atoms with E-state index in [1.54, 1.807) is 12.3 Å². The molecule has 2 N–H and O–H groups in total. The Bertz CT molecular complexity index is 660. The van der Waals surface area contributed by atoms with Crippen molar-refractivity contribution in [3.05, 3.63) is 48.5 Å². The van der Waals surface area contributed by atoms with E-state index < -0.39 is 10.0 Å². The lowest BCUT2D eigenvalue weighted by molar-refractivity contribution is 0.201. The standard InChI is InChI=1S/C13H15N3O4S/c17-7-8-20-12-1-3-13(4-2-12)21(18,19)16-9-11-5-6-14-10-15-11/h1-6,10,16-17H,7-9H2. The Morgan fingerprint density at radius 2 is 1.95 bits per heavy atom. The Morgan fingerprint density at radius 3 is 2.57 bits per heavy atom. The molecule has 7 nitrogen and oxygen atoms in total. The minimum absolute atomic E-state index is 0.0909. The van der Waals surface area contributed by atoms with Gasteiger partial charge in [-0.25, -0.2) is 23.1 Å². The fourth-order valence-electron chi connectivity index (χ4n) is 1.55. The number of hydrogen-bond acceptors (Lipinski definition) is 6. The minimum Gasteiger partial charge on any atom is -0.491 e. The summed E-state index contributed by atoms with van der Waals surface area (Å²) in [6.45, 7) is 0.159. The molecule has 2 rings (SSSR count). The number of hydrogen-bond donors (Lipinski definition) is 2. The van der Waals surface area contributed by atoms with Crippen molar-refractivity contribution in [1.29, 1.82) is 0 Å². The first kappa shape index (κ1) is 15.4. The van der Waals surface area contributed by atoms with Gasteiger partial charge in [-0.2, -0.15) is 0 Å². The van der Waals surface area contributed by atoms with E-state index >= 15 is 0 Å². The second-order valence-electron chi connectivity index (χ2n) is 4.07. The normalized spacial score (nSPS) is 11.3. The lowest BCUT2D eigenvalue weighted by Crippen LogP contribution is -2.23. The van der Waals surface area contributed by atoms with E-state index in [9.17, 15) is 8.42 Å². The third-order valence-corrected chi connectivity index (χ3v) is 4.00. The van der Waals surface area contributed by atoms with Crippen molar-refractivity contribution in [2.24, 2.45) is 0 Å². The summed E-state index contributed by atoms with van der Waals surface area (Å²) in [4.78, 5) is 7.84. The molecule has 0 aliphatic heterocycles. The van der Waals surface area contributed by atoms with Crippen molar-refractivity contribution < 1.29 is 18.3 Å². The molecule has 0 bridgehead atoms. The van der Waals surface area contributed by atoms with Crippen LogP contribution in [-0.2, 0) is 16.6 Å². The van der Waals surface area contributed by atoms with Crippen molar-refractivity contribution >= 4 is 10.0 Å². The molecule has 8 heteroatoms. The van der Waals surface area contributed by atoms with Gasteiger partial charge in [0.05, 0.1) is 23.7 Å². The highest BCUT2D eigenvalue weighted by Crippen LogP contribution is 2.16. The molecule has 0 atom stereocenters. The predicted octanol–water partition coefficient (Wildman–Crippen LogP) is 0.326. The molecule has 21 heavy (non-hydrogen) atoms. The van der Waals surface area contributed by atoms with Gasteiger partial charge in [0, 0.05) is 6.20 Å². The van der Waals surface area contributed by atoms with Gasteiger partial charge in [0.15, 0.2) is 0 Å². The van der Waals surface area contributed by atoms with Crippen LogP contribution in [0.25, 0.3) is 0 Å². The van der Waals surface area contributed by atoms with Crippen molar-refractivity contribution in [2.45, 2.75) is 11.4 Å². The van der Waals surface area contributed by atoms with Crippen LogP contribution in [0.5, 0.6) is 5.75 Å². The van der Waals surface area contributed by atoms with Gasteiger partial charge in [0.2, 0.25) is 10.0 Å². The van der Waals surface area contributed by atoms with Crippen LogP contribution in [0.4, 0.5) is 0 Å². The summed E-state index contributed by atoms with van der Waals surface area (Å²) in [6, 6.07) is 7.59. The fourth-order valence-corrected chi connectivity index (χ4v) is 2.55. The fraction of sp³-hybridized carbons (Fsp3) is 0.231. The van der Waals surface area contributed by atoms with Crippen molar-refractivity contribution in [1.82, 2.24) is 14.7 Å². The van der Waals surface area contributed by atoms with E-state index in [2.05, 4.69) is 14.7 Å². The van der Waals surface area contributed by atoms with E-state index in [0.717, 1.165) is 0 Å². The second-order valence-corrected chi connectivity index (χ2v) is 5.84. The summed E-state index contributed by atoms with van der Waals surface area (Å²) in [5, 5.41) is 8.65. The number of benzene rings is 1. The Kier molecular flexibility index (Phi) is 5.20. The maximum absolute atomic E-state index is 12.1. The third-order valence-electron chi connectivity index (χ3n) is 2.58. The molecule has 0 spiro atoms. The van der Waals surface area contributed by atoms with Crippen LogP contribution in [-0.4, -0.2) is 36.7 Å². The molecule has 0 fully saturated rings. The van der Waals surface area contributed by atoms with E-state index in [1.165, 1.54) is 30.6 Å². The SMILES string of the molecule is O=S(=O)(NCc1ccncn1)c1ccc(OCCO)cc1. The van der Waals surface area contributed by atoms with Crippen LogP contribution in [0.3, 0.4) is 0 Å². The Morgan fingerprint density at radius 1 is 1.19 bits per heavy atom. The maximum atomic E-state index is 12.1. The molecule has 1 aromatic carbocycles. The number of rotatable bonds is 7. The Labute approximate surface area is 122 Å². The van der Waals surface area contributed by atoms with Crippen LogP contribution in [0.1, 0.15) is 5.69 Å². The first-order chi connectivity index (χ1) is 10.1. The summed E-state index contributed by atoms with van der Waals surface area (Å²) in [5.41, 5.74) is 0.580. The van der Waals surface area contributed by atoms with Crippen LogP contribution in [0.2, 0.25) is 0 Å². The molecule has 0 unspecified atom stereocenters. The molecule has 0 saturated heterocycles. The zero-order chi connectivity index (χ0) is 15.1. The zero-order valence-electron chi connectivity index (χ0n) is 11.1. The lowest BCUT2D eigenvalue weighted by atomic mass is 10.3. The summed E-state index contributed by atoms with van der Waals surface area (Å²) >= 11 is 0. The van der Waals surface area contributed by atoms with E-state index in [1.807, 2.05) is 0 Å². The molecular weight excluding hydrogens is 294 g/mol. The highest BCUT2D eigenvalue weighted by atomic mass is 32.2. The molecule has 112 valence electrons. The number of nitrogens with one attached hydrogen (secondary N) is 1. The first-order valence-corrected chi connectivity index (χ1v) is 7.68. The molecule has 1 heterocycles. The van der Waals surface area contributed by atoms with Gasteiger partial charge in [0.25, 0.3) is 0 Å². The second kappa shape index (κ2) is 7.11. The van der Waals surface area contributed by atoms with Gasteiger partial charge in [-0.05, 0) is 30.3 Å². The number of sulfonamides is 1. The number of ether oxygens (including phenoxy) is 1. The summed E-state index contributed by atoms with van der Waals surface area (Å²) in [7, 11) is -3.61. The van der Waals surface area contributed by atoms with Gasteiger partial charge in [0.1, 0.15) is 18.7 Å². The van der Waals surface area contributed by atoms with Crippen molar-refractivity contribution in [3.8, 4) is 5.75 Å². The van der Waals surface area contributed by atoms with Gasteiger partial charge < -0.3 is 9.84 Å². The molecule has 0 radical (unpaired) electrons. The molecule has 1 aromatic heterocycles. The van der Waals surface area contributed by atoms with Crippen molar-refractivity contribution in [3.63, 3.8) is 0 Å². The number of nitrogens with zero attached hydrogens (tertiary/aromatic N) is 2. The van der Waals surface area contributed by atoms with Gasteiger partial charge >= 0.3 is 0 Å². The van der Waals surface area contributed by atoms with Crippen LogP contribution < -0.4 is 9.46 Å². The number of aliphatic hydroxyl groups is 1. The average molecular weight is 309 g/mol. The molecule has 0 amide bonds. The molecular formula is C13H15N3O4S. The van der Waals surface area contributed by atoms with E-state index in [-0.39, 0.29) is 24.7 Å². The van der Waals surface area contributed by atoms with Gasteiger partial charge in [-0.3, -0.25) is 0 Å². The zero-order valence-corrected chi connectivity index (χ0v) is 12.0. The summed E-state index contributed by atoms with van der Waals surface area (Å²) in [5.74, 6) is 0.499. The van der Waals surface area contributed by atoms with Crippen LogP contribution in [0.15, 0.2) is 47.8 Å². The first-order valence-electron chi connectivity index (χ1n) is 6.20. The predicted molar refractivity (Wildman–Crippen MR) is 75.1 cm³/mol. The average Bonchev–Trinajstić information content (AvgIpc) is 2.52. The highest BCUT2D eigenvalue weighted by Gasteiger charge is 2.13. The quantitative estimate of drug-likeness (QED) is 0.764. The largest absolute Gasteiger partial charge is 0.491 e. The molecule has 0 aliphatic rings. The van der Waals surface area contributed by atoms with E-state index in [4.69, 9.17) is 9.84 Å². The third kappa shape index (κ3) is 4.48. The number of aromatic nitrogens is 2. The topological polar surface area (TPSA) is 101 Å². The summed E-state index contributed by atoms with van der Waals surface area (Å²) < 4.78 is 31.8. The minimum atomic E-state index is -3.61. The smallest absolute Gasteiger partial charge is 0.240 e. The Hall–Kier alpha value is -2.03. The van der Waals surface area contributed by atoms with Crippen LogP contribution in [0, 0.1) is 0 Å². The Balaban J connectivity index is 2.02. The van der Waals surface area contributed by atoms with Gasteiger partial charge in [-0.1, -0.05) is 0 Å². The molecule has 0 saturated carbocycles. The van der Waals surface area contributed by atoms with Crippen molar-refractivity contribution in [2.75, 3.05) is 13.2 Å². The monoisotopic (exact) mass is 309 g/mol. The van der Waals surface area contributed by atoms with Gasteiger partial charge in [-0.15, -0.1) is 0 Å². The molecule has 2 aromatic rings. The maximum Gasteiger partial charge on any atom is 0.240 e. The van der Waals surface area contributed by atoms with Crippen LogP contribution >= 0.6 is 0 Å².